The first-order valence-corrected chi connectivity index (χ1v) is 6.66. The van der Waals surface area contributed by atoms with Crippen molar-refractivity contribution in [1.82, 2.24) is 10.1 Å². The van der Waals surface area contributed by atoms with Gasteiger partial charge in [0.2, 0.25) is 11.7 Å². The van der Waals surface area contributed by atoms with E-state index in [1.165, 1.54) is 24.3 Å². The van der Waals surface area contributed by atoms with E-state index >= 15 is 0 Å². The number of aliphatic carboxylic acids is 1. The molecule has 0 amide bonds. The predicted molar refractivity (Wildman–Crippen MR) is 72.1 cm³/mol. The van der Waals surface area contributed by atoms with Crippen LogP contribution in [0.1, 0.15) is 5.89 Å². The van der Waals surface area contributed by atoms with Crippen LogP contribution in [0.15, 0.2) is 45.8 Å². The quantitative estimate of drug-likeness (QED) is 0.667. The molecule has 22 heavy (non-hydrogen) atoms. The van der Waals surface area contributed by atoms with Gasteiger partial charge in [-0.2, -0.15) is 18.2 Å². The molecule has 0 bridgehead atoms. The van der Waals surface area contributed by atoms with Crippen molar-refractivity contribution < 1.29 is 27.6 Å². The Labute approximate surface area is 126 Å². The highest BCUT2D eigenvalue weighted by molar-refractivity contribution is 8.00. The number of halogens is 3. The van der Waals surface area contributed by atoms with Crippen LogP contribution in [0.3, 0.4) is 0 Å². The summed E-state index contributed by atoms with van der Waals surface area (Å²) in [5.74, 6) is -0.943. The van der Waals surface area contributed by atoms with Crippen LogP contribution in [0.2, 0.25) is 0 Å². The van der Waals surface area contributed by atoms with Crippen molar-refractivity contribution in [2.24, 2.45) is 0 Å². The molecule has 0 spiro atoms. The van der Waals surface area contributed by atoms with Gasteiger partial charge in [0.05, 0.1) is 6.42 Å². The minimum Gasteiger partial charge on any atom is -0.478 e. The van der Waals surface area contributed by atoms with Crippen LogP contribution in [0.5, 0.6) is 0 Å². The highest BCUT2D eigenvalue weighted by Crippen LogP contribution is 2.37. The van der Waals surface area contributed by atoms with Crippen LogP contribution in [-0.2, 0) is 11.2 Å². The molecule has 0 aliphatic carbocycles. The van der Waals surface area contributed by atoms with E-state index in [1.807, 2.05) is 0 Å². The van der Waals surface area contributed by atoms with E-state index in [2.05, 4.69) is 16.7 Å². The fraction of sp³-hybridized carbons (Fsp3) is 0.154. The first-order chi connectivity index (χ1) is 10.2. The number of rotatable bonds is 5. The molecule has 9 heteroatoms. The minimum absolute atomic E-state index is 0.0409. The Kier molecular flexibility index (Phi) is 4.55. The maximum Gasteiger partial charge on any atom is 0.446 e. The summed E-state index contributed by atoms with van der Waals surface area (Å²) >= 11 is -0.220. The number of hydrogen-bond acceptors (Lipinski definition) is 5. The summed E-state index contributed by atoms with van der Waals surface area (Å²) < 4.78 is 41.5. The van der Waals surface area contributed by atoms with Crippen LogP contribution in [0, 0.1) is 0 Å². The Morgan fingerprint density at radius 3 is 2.50 bits per heavy atom. The zero-order chi connectivity index (χ0) is 16.3. The number of carboxylic acids is 1. The molecule has 2 rings (SSSR count). The third kappa shape index (κ3) is 4.35. The van der Waals surface area contributed by atoms with Gasteiger partial charge < -0.3 is 9.63 Å². The Morgan fingerprint density at radius 2 is 1.95 bits per heavy atom. The standard InChI is InChI=1S/C13H9F3N2O3S/c1-7(12(19)20)6-10-17-11(18-21-10)8-2-4-9(5-3-8)22-13(14,15)16/h2-5H,1,6H2,(H,19,20). The van der Waals surface area contributed by atoms with Gasteiger partial charge in [-0.25, -0.2) is 4.79 Å². The molecule has 5 nitrogen and oxygen atoms in total. The van der Waals surface area contributed by atoms with E-state index in [-0.39, 0.29) is 40.4 Å². The molecule has 0 atom stereocenters. The molecule has 116 valence electrons. The van der Waals surface area contributed by atoms with Gasteiger partial charge in [0.1, 0.15) is 0 Å². The van der Waals surface area contributed by atoms with E-state index < -0.39 is 11.5 Å². The fourth-order valence-electron chi connectivity index (χ4n) is 1.51. The number of carboxylic acid groups (broad SMARTS) is 1. The van der Waals surface area contributed by atoms with Crippen LogP contribution < -0.4 is 0 Å². The van der Waals surface area contributed by atoms with Crippen molar-refractivity contribution in [3.05, 3.63) is 42.3 Å². The molecule has 0 aliphatic rings. The van der Waals surface area contributed by atoms with Gasteiger partial charge in [-0.1, -0.05) is 11.7 Å². The lowest BCUT2D eigenvalue weighted by Crippen LogP contribution is -2.02. The van der Waals surface area contributed by atoms with Crippen molar-refractivity contribution in [2.45, 2.75) is 16.8 Å². The number of hydrogen-bond donors (Lipinski definition) is 1. The second-order valence-corrected chi connectivity index (χ2v) is 5.31. The second-order valence-electron chi connectivity index (χ2n) is 4.17. The Bertz CT molecular complexity index is 695. The lowest BCUT2D eigenvalue weighted by Gasteiger charge is -2.05. The largest absolute Gasteiger partial charge is 0.478 e. The van der Waals surface area contributed by atoms with Crippen LogP contribution in [0.25, 0.3) is 11.4 Å². The SMILES string of the molecule is C=C(Cc1nc(-c2ccc(SC(F)(F)F)cc2)no1)C(=O)O. The molecule has 1 heterocycles. The summed E-state index contributed by atoms with van der Waals surface area (Å²) in [7, 11) is 0. The van der Waals surface area contributed by atoms with Crippen molar-refractivity contribution in [2.75, 3.05) is 0 Å². The molecule has 0 fully saturated rings. The Balaban J connectivity index is 2.11. The van der Waals surface area contributed by atoms with Gasteiger partial charge in [-0.05, 0) is 36.0 Å². The van der Waals surface area contributed by atoms with E-state index in [4.69, 9.17) is 9.63 Å². The first-order valence-electron chi connectivity index (χ1n) is 5.84. The normalized spacial score (nSPS) is 11.4. The molecule has 0 aliphatic heterocycles. The molecule has 1 aromatic carbocycles. The van der Waals surface area contributed by atoms with Crippen molar-refractivity contribution >= 4 is 17.7 Å². The van der Waals surface area contributed by atoms with E-state index in [9.17, 15) is 18.0 Å². The molecule has 0 radical (unpaired) electrons. The Hall–Kier alpha value is -2.29. The van der Waals surface area contributed by atoms with E-state index in [0.717, 1.165) is 0 Å². The van der Waals surface area contributed by atoms with E-state index in [0.29, 0.717) is 5.56 Å². The number of aromatic nitrogens is 2. The summed E-state index contributed by atoms with van der Waals surface area (Å²) in [5.41, 5.74) is -3.99. The van der Waals surface area contributed by atoms with Crippen LogP contribution in [0.4, 0.5) is 13.2 Å². The molecule has 1 aromatic heterocycles. The lowest BCUT2D eigenvalue weighted by atomic mass is 10.2. The molecular weight excluding hydrogens is 321 g/mol. The fourth-order valence-corrected chi connectivity index (χ4v) is 2.05. The van der Waals surface area contributed by atoms with Gasteiger partial charge in [0, 0.05) is 16.0 Å². The molecule has 0 saturated heterocycles. The number of benzene rings is 1. The van der Waals surface area contributed by atoms with Gasteiger partial charge in [-0.3, -0.25) is 0 Å². The average molecular weight is 330 g/mol. The first kappa shape index (κ1) is 16.1. The molecule has 1 N–H and O–H groups in total. The molecule has 2 aromatic rings. The third-order valence-electron chi connectivity index (χ3n) is 2.48. The minimum atomic E-state index is -4.35. The van der Waals surface area contributed by atoms with Gasteiger partial charge in [-0.15, -0.1) is 0 Å². The molecular formula is C13H9F3N2O3S. The maximum absolute atomic E-state index is 12.2. The molecule has 0 unspecified atom stereocenters. The number of thioether (sulfide) groups is 1. The summed E-state index contributed by atoms with van der Waals surface area (Å²) in [6.07, 6.45) is -0.107. The van der Waals surface area contributed by atoms with Gasteiger partial charge in [0.15, 0.2) is 0 Å². The Morgan fingerprint density at radius 1 is 1.32 bits per heavy atom. The van der Waals surface area contributed by atoms with Crippen molar-refractivity contribution in [3.63, 3.8) is 0 Å². The van der Waals surface area contributed by atoms with E-state index in [1.54, 1.807) is 0 Å². The average Bonchev–Trinajstić information content (AvgIpc) is 2.86. The van der Waals surface area contributed by atoms with Crippen molar-refractivity contribution in [1.29, 1.82) is 0 Å². The monoisotopic (exact) mass is 330 g/mol. The third-order valence-corrected chi connectivity index (χ3v) is 3.22. The van der Waals surface area contributed by atoms with Gasteiger partial charge in [0.25, 0.3) is 0 Å². The topological polar surface area (TPSA) is 76.2 Å². The number of nitrogens with zero attached hydrogens (tertiary/aromatic N) is 2. The summed E-state index contributed by atoms with van der Waals surface area (Å²) in [6, 6.07) is 5.43. The van der Waals surface area contributed by atoms with Gasteiger partial charge >= 0.3 is 11.5 Å². The summed E-state index contributed by atoms with van der Waals surface area (Å²) in [6.45, 7) is 3.34. The zero-order valence-electron chi connectivity index (χ0n) is 10.9. The summed E-state index contributed by atoms with van der Waals surface area (Å²) in [4.78, 5) is 14.7. The van der Waals surface area contributed by atoms with Crippen LogP contribution >= 0.6 is 11.8 Å². The predicted octanol–water partition coefficient (Wildman–Crippen LogP) is 3.53. The maximum atomic E-state index is 12.2. The summed E-state index contributed by atoms with van der Waals surface area (Å²) in [5, 5.41) is 12.4. The second kappa shape index (κ2) is 6.22. The molecule has 0 saturated carbocycles. The smallest absolute Gasteiger partial charge is 0.446 e. The number of carbonyl (C=O) groups is 1. The zero-order valence-corrected chi connectivity index (χ0v) is 11.7. The lowest BCUT2D eigenvalue weighted by molar-refractivity contribution is -0.132. The number of alkyl halides is 3. The van der Waals surface area contributed by atoms with Crippen molar-refractivity contribution in [3.8, 4) is 11.4 Å². The highest BCUT2D eigenvalue weighted by Gasteiger charge is 2.29. The highest BCUT2D eigenvalue weighted by atomic mass is 32.2. The van der Waals surface area contributed by atoms with Crippen LogP contribution in [-0.4, -0.2) is 26.7 Å².